The monoisotopic (exact) mass is 1010 g/mol. The number of carbonyl (C=O) groups excluding carboxylic acids is 3. The highest BCUT2D eigenvalue weighted by Gasteiger charge is 2.64. The third kappa shape index (κ3) is 14.2. The van der Waals surface area contributed by atoms with Gasteiger partial charge in [-0.05, 0) is 50.5 Å². The van der Waals surface area contributed by atoms with Crippen LogP contribution in [0.5, 0.6) is 0 Å². The maximum Gasteiger partial charge on any atom is 0.306 e. The topological polar surface area (TPSA) is 162 Å². The fourth-order valence-electron chi connectivity index (χ4n) is 12.5. The van der Waals surface area contributed by atoms with E-state index in [0.717, 1.165) is 108 Å². The number of hydrogen-bond donors (Lipinski definition) is 0. The molecule has 0 aromatic heterocycles. The third-order valence-corrected chi connectivity index (χ3v) is 16.5. The zero-order valence-corrected chi connectivity index (χ0v) is 43.3. The van der Waals surface area contributed by atoms with E-state index in [2.05, 4.69) is 6.92 Å². The van der Waals surface area contributed by atoms with E-state index in [9.17, 15) is 14.4 Å². The van der Waals surface area contributed by atoms with Gasteiger partial charge in [-0.25, -0.2) is 0 Å². The average Bonchev–Trinajstić information content (AvgIpc) is 3.77. The molecule has 3 aliphatic carbocycles. The summed E-state index contributed by atoms with van der Waals surface area (Å²) in [6, 6.07) is 9.37. The summed E-state index contributed by atoms with van der Waals surface area (Å²) in [7, 11) is 0. The molecule has 404 valence electrons. The summed E-state index contributed by atoms with van der Waals surface area (Å²) >= 11 is 0. The lowest BCUT2D eigenvalue weighted by Gasteiger charge is -2.54. The van der Waals surface area contributed by atoms with E-state index in [1.807, 2.05) is 30.3 Å². The van der Waals surface area contributed by atoms with Crippen molar-refractivity contribution in [2.24, 2.45) is 0 Å². The molecule has 15 heteroatoms. The van der Waals surface area contributed by atoms with E-state index in [4.69, 9.17) is 56.8 Å². The molecule has 0 unspecified atom stereocenters. The standard InChI is InChI=1S/C57H86O15/c1-2-3-4-5-6-7-8-9-10-11-12-13-20-29-45(59)66-49-47-42(39-62-55(69-47)32-21-15-22-33-55)64-53(51(49)67-46(60)31-30-44(58)61-38-41-27-18-14-19-28-41)68-54-52-50(71-57(72-52)36-25-17-26-37-57)48-43(65-54)40-63-56(70-48)34-23-16-24-35-56/h14,18-19,27-28,42-43,47-54H,2-13,15-17,20-26,29-40H2,1H3/t42-,43-,47-,48-,49+,50+,51-,52-,53-,54-/m1/s1. The molecule has 8 aliphatic rings. The molecule has 5 heterocycles. The SMILES string of the molecule is CCCCCCCCCCCCCCCC(=O)O[C@@H]1[C@@H](OC(=O)CCC(=O)OCc2ccccc2)[C@@H](O[C@H]2O[C@@H]3COC4(CCCCC4)O[C@H]3[C@@H]3OC4(CCCCC4)O[C@@H]23)O[C@@H]2COC3(CCCCC3)O[C@@H]12. The molecule has 0 N–H and O–H groups in total. The predicted molar refractivity (Wildman–Crippen MR) is 263 cm³/mol. The zero-order chi connectivity index (χ0) is 49.6. The van der Waals surface area contributed by atoms with Crippen LogP contribution in [0.25, 0.3) is 0 Å². The van der Waals surface area contributed by atoms with Crippen LogP contribution >= 0.6 is 0 Å². The van der Waals surface area contributed by atoms with Crippen LogP contribution in [-0.2, 0) is 77.8 Å². The number of unbranched alkanes of at least 4 members (excludes halogenated alkanes) is 12. The van der Waals surface area contributed by atoms with Crippen molar-refractivity contribution in [2.45, 2.75) is 291 Å². The minimum atomic E-state index is -1.33. The minimum Gasteiger partial charge on any atom is -0.461 e. The van der Waals surface area contributed by atoms with E-state index >= 15 is 0 Å². The summed E-state index contributed by atoms with van der Waals surface area (Å²) in [6.07, 6.45) is 20.0. The summed E-state index contributed by atoms with van der Waals surface area (Å²) in [5, 5.41) is 0. The Morgan fingerprint density at radius 2 is 0.958 bits per heavy atom. The predicted octanol–water partition coefficient (Wildman–Crippen LogP) is 10.9. The smallest absolute Gasteiger partial charge is 0.306 e. The molecule has 10 atom stereocenters. The molecule has 8 fully saturated rings. The summed E-state index contributed by atoms with van der Waals surface area (Å²) in [5.41, 5.74) is 0.836. The average molecular weight is 1010 g/mol. The van der Waals surface area contributed by atoms with Crippen molar-refractivity contribution in [3.63, 3.8) is 0 Å². The van der Waals surface area contributed by atoms with Crippen LogP contribution in [0.3, 0.4) is 0 Å². The fraction of sp³-hybridized carbons (Fsp3) is 0.842. The third-order valence-electron chi connectivity index (χ3n) is 16.5. The Bertz CT molecular complexity index is 1830. The lowest BCUT2D eigenvalue weighted by Crippen LogP contribution is -2.69. The van der Waals surface area contributed by atoms with Crippen LogP contribution in [0.4, 0.5) is 0 Å². The molecule has 1 aromatic carbocycles. The molecule has 9 rings (SSSR count). The van der Waals surface area contributed by atoms with Crippen LogP contribution in [0.2, 0.25) is 0 Å². The maximum atomic E-state index is 14.1. The van der Waals surface area contributed by atoms with Crippen LogP contribution < -0.4 is 0 Å². The molecule has 0 bridgehead atoms. The van der Waals surface area contributed by atoms with Crippen molar-refractivity contribution in [1.29, 1.82) is 0 Å². The van der Waals surface area contributed by atoms with Crippen LogP contribution in [-0.4, -0.2) is 110 Å². The molecule has 15 nitrogen and oxygen atoms in total. The molecule has 5 aliphatic heterocycles. The number of esters is 3. The van der Waals surface area contributed by atoms with Gasteiger partial charge < -0.3 is 56.8 Å². The number of ether oxygens (including phenoxy) is 12. The van der Waals surface area contributed by atoms with Gasteiger partial charge in [0.1, 0.15) is 43.2 Å². The number of carbonyl (C=O) groups is 3. The molecule has 3 spiro atoms. The first-order valence-corrected chi connectivity index (χ1v) is 28.8. The molecule has 0 amide bonds. The maximum absolute atomic E-state index is 14.1. The van der Waals surface area contributed by atoms with Gasteiger partial charge in [0, 0.05) is 44.9 Å². The van der Waals surface area contributed by atoms with Crippen molar-refractivity contribution in [3.05, 3.63) is 35.9 Å². The fourth-order valence-corrected chi connectivity index (χ4v) is 12.5. The number of fused-ring (bicyclic) bond motifs is 4. The van der Waals surface area contributed by atoms with Crippen LogP contribution in [0, 0.1) is 0 Å². The van der Waals surface area contributed by atoms with Gasteiger partial charge in [-0.15, -0.1) is 0 Å². The number of benzene rings is 1. The number of hydrogen-bond acceptors (Lipinski definition) is 15. The lowest BCUT2D eigenvalue weighted by atomic mass is 9.90. The van der Waals surface area contributed by atoms with E-state index < -0.39 is 96.7 Å². The Hall–Kier alpha value is -2.73. The first-order chi connectivity index (χ1) is 35.2. The Kier molecular flexibility index (Phi) is 19.8. The Morgan fingerprint density at radius 1 is 0.486 bits per heavy atom. The Labute approximate surface area is 428 Å². The van der Waals surface area contributed by atoms with Crippen molar-refractivity contribution in [1.82, 2.24) is 0 Å². The van der Waals surface area contributed by atoms with E-state index in [1.54, 1.807) is 0 Å². The molecule has 5 saturated heterocycles. The van der Waals surface area contributed by atoms with Gasteiger partial charge in [0.05, 0.1) is 26.1 Å². The van der Waals surface area contributed by atoms with Gasteiger partial charge in [-0.2, -0.15) is 0 Å². The van der Waals surface area contributed by atoms with Gasteiger partial charge in [-0.3, -0.25) is 14.4 Å². The van der Waals surface area contributed by atoms with Crippen LogP contribution in [0.15, 0.2) is 30.3 Å². The van der Waals surface area contributed by atoms with Crippen molar-refractivity contribution in [3.8, 4) is 0 Å². The molecule has 1 aromatic rings. The van der Waals surface area contributed by atoms with Gasteiger partial charge >= 0.3 is 17.9 Å². The minimum absolute atomic E-state index is 0.0815. The van der Waals surface area contributed by atoms with E-state index in [-0.39, 0.29) is 39.1 Å². The second-order valence-corrected chi connectivity index (χ2v) is 22.1. The molecule has 3 saturated carbocycles. The van der Waals surface area contributed by atoms with Crippen molar-refractivity contribution < 1.29 is 71.2 Å². The van der Waals surface area contributed by atoms with Crippen molar-refractivity contribution in [2.75, 3.05) is 13.2 Å². The number of rotatable bonds is 23. The van der Waals surface area contributed by atoms with Crippen molar-refractivity contribution >= 4 is 17.9 Å². The highest BCUT2D eigenvalue weighted by Crippen LogP contribution is 2.50. The summed E-state index contributed by atoms with van der Waals surface area (Å²) < 4.78 is 79.6. The Morgan fingerprint density at radius 3 is 1.57 bits per heavy atom. The molecule has 72 heavy (non-hydrogen) atoms. The van der Waals surface area contributed by atoms with Gasteiger partial charge in [0.15, 0.2) is 35.9 Å². The van der Waals surface area contributed by atoms with Gasteiger partial charge in [0.2, 0.25) is 6.29 Å². The highest BCUT2D eigenvalue weighted by molar-refractivity contribution is 5.78. The normalized spacial score (nSPS) is 32.3. The first kappa shape index (κ1) is 54.1. The summed E-state index contributed by atoms with van der Waals surface area (Å²) in [6.45, 7) is 2.77. The van der Waals surface area contributed by atoms with Gasteiger partial charge in [-0.1, -0.05) is 134 Å². The summed E-state index contributed by atoms with van der Waals surface area (Å²) in [5.74, 6) is -4.07. The van der Waals surface area contributed by atoms with Crippen LogP contribution in [0.1, 0.15) is 212 Å². The molecular formula is C57H86O15. The van der Waals surface area contributed by atoms with Gasteiger partial charge in [0.25, 0.3) is 0 Å². The van der Waals surface area contributed by atoms with E-state index in [1.165, 1.54) is 57.8 Å². The second kappa shape index (κ2) is 26.4. The zero-order valence-electron chi connectivity index (χ0n) is 43.3. The Balaban J connectivity index is 0.909. The quantitative estimate of drug-likeness (QED) is 0.0578. The lowest BCUT2D eigenvalue weighted by molar-refractivity contribution is -0.427. The van der Waals surface area contributed by atoms with E-state index in [0.29, 0.717) is 19.3 Å². The second-order valence-electron chi connectivity index (χ2n) is 22.1. The summed E-state index contributed by atoms with van der Waals surface area (Å²) in [4.78, 5) is 41.2. The molecule has 0 radical (unpaired) electrons. The highest BCUT2D eigenvalue weighted by atomic mass is 16.8. The first-order valence-electron chi connectivity index (χ1n) is 28.8. The largest absolute Gasteiger partial charge is 0.461 e. The molecular weight excluding hydrogens is 925 g/mol.